The van der Waals surface area contributed by atoms with Crippen LogP contribution in [0.25, 0.3) is 10.9 Å². The third-order valence-electron chi connectivity index (χ3n) is 2.53. The molecule has 0 fully saturated rings. The van der Waals surface area contributed by atoms with Gasteiger partial charge in [-0.3, -0.25) is 15.2 Å². The van der Waals surface area contributed by atoms with Gasteiger partial charge in [-0.25, -0.2) is 5.01 Å². The van der Waals surface area contributed by atoms with Crippen molar-refractivity contribution < 1.29 is 9.53 Å². The van der Waals surface area contributed by atoms with Crippen molar-refractivity contribution in [3.8, 4) is 5.75 Å². The summed E-state index contributed by atoms with van der Waals surface area (Å²) in [6, 6.07) is 9.62. The highest BCUT2D eigenvalue weighted by molar-refractivity contribution is 5.84. The van der Waals surface area contributed by atoms with Crippen LogP contribution in [-0.2, 0) is 4.79 Å². The standard InChI is InChI=1S/C14H17N3O2/c1-17(2)16-13(18)8-10-19-12-7-3-5-11-6-4-9-15-14(11)12/h3-7,9H,8,10H2,1-2H3,(H,16,18). The number of para-hydroxylation sites is 1. The van der Waals surface area contributed by atoms with Crippen molar-refractivity contribution in [2.75, 3.05) is 20.7 Å². The average molecular weight is 259 g/mol. The molecular weight excluding hydrogens is 242 g/mol. The average Bonchev–Trinajstić information content (AvgIpc) is 2.38. The van der Waals surface area contributed by atoms with E-state index in [2.05, 4.69) is 10.4 Å². The second-order valence-electron chi connectivity index (χ2n) is 4.36. The molecule has 0 bridgehead atoms. The van der Waals surface area contributed by atoms with E-state index in [0.717, 1.165) is 10.9 Å². The van der Waals surface area contributed by atoms with Crippen LogP contribution >= 0.6 is 0 Å². The number of nitrogens with zero attached hydrogens (tertiary/aromatic N) is 2. The van der Waals surface area contributed by atoms with Gasteiger partial charge in [-0.15, -0.1) is 0 Å². The van der Waals surface area contributed by atoms with E-state index in [1.807, 2.05) is 30.3 Å². The summed E-state index contributed by atoms with van der Waals surface area (Å²) in [5.41, 5.74) is 3.48. The summed E-state index contributed by atoms with van der Waals surface area (Å²) >= 11 is 0. The normalized spacial score (nSPS) is 10.7. The van der Waals surface area contributed by atoms with Crippen LogP contribution < -0.4 is 10.2 Å². The third-order valence-corrected chi connectivity index (χ3v) is 2.53. The highest BCUT2D eigenvalue weighted by Gasteiger charge is 2.05. The van der Waals surface area contributed by atoms with E-state index in [0.29, 0.717) is 18.8 Å². The number of carbonyl (C=O) groups excluding carboxylic acids is 1. The highest BCUT2D eigenvalue weighted by Crippen LogP contribution is 2.22. The van der Waals surface area contributed by atoms with Crippen molar-refractivity contribution in [3.05, 3.63) is 36.5 Å². The van der Waals surface area contributed by atoms with Crippen molar-refractivity contribution in [3.63, 3.8) is 0 Å². The molecular formula is C14H17N3O2. The monoisotopic (exact) mass is 259 g/mol. The number of rotatable bonds is 5. The lowest BCUT2D eigenvalue weighted by Gasteiger charge is -2.12. The maximum absolute atomic E-state index is 11.5. The van der Waals surface area contributed by atoms with Gasteiger partial charge in [0.05, 0.1) is 13.0 Å². The summed E-state index contributed by atoms with van der Waals surface area (Å²) in [7, 11) is 3.54. The molecule has 0 radical (unpaired) electrons. The van der Waals surface area contributed by atoms with Gasteiger partial charge in [-0.1, -0.05) is 18.2 Å². The van der Waals surface area contributed by atoms with Crippen LogP contribution in [0.2, 0.25) is 0 Å². The van der Waals surface area contributed by atoms with Crippen molar-refractivity contribution in [1.29, 1.82) is 0 Å². The Morgan fingerprint density at radius 3 is 2.89 bits per heavy atom. The van der Waals surface area contributed by atoms with Crippen molar-refractivity contribution >= 4 is 16.8 Å². The molecule has 0 saturated heterocycles. The van der Waals surface area contributed by atoms with Crippen LogP contribution in [0.1, 0.15) is 6.42 Å². The van der Waals surface area contributed by atoms with E-state index in [4.69, 9.17) is 4.74 Å². The maximum Gasteiger partial charge on any atom is 0.237 e. The molecule has 0 aliphatic carbocycles. The Bertz CT molecular complexity index is 564. The molecule has 0 aliphatic rings. The fourth-order valence-electron chi connectivity index (χ4n) is 1.75. The van der Waals surface area contributed by atoms with Gasteiger partial charge in [-0.05, 0) is 12.1 Å². The zero-order chi connectivity index (χ0) is 13.7. The molecule has 100 valence electrons. The second kappa shape index (κ2) is 6.15. The minimum Gasteiger partial charge on any atom is -0.491 e. The Labute approximate surface area is 112 Å². The number of hydrogen-bond acceptors (Lipinski definition) is 4. The SMILES string of the molecule is CN(C)NC(=O)CCOc1cccc2cccnc12. The molecule has 2 rings (SSSR count). The van der Waals surface area contributed by atoms with Gasteiger partial charge >= 0.3 is 0 Å². The molecule has 5 nitrogen and oxygen atoms in total. The summed E-state index contributed by atoms with van der Waals surface area (Å²) in [6.07, 6.45) is 2.04. The first-order chi connectivity index (χ1) is 9.16. The third kappa shape index (κ3) is 3.66. The van der Waals surface area contributed by atoms with E-state index in [1.165, 1.54) is 0 Å². The van der Waals surface area contributed by atoms with Crippen molar-refractivity contribution in [2.45, 2.75) is 6.42 Å². The molecule has 19 heavy (non-hydrogen) atoms. The van der Waals surface area contributed by atoms with Crippen LogP contribution in [0.3, 0.4) is 0 Å². The quantitative estimate of drug-likeness (QED) is 0.829. The molecule has 1 N–H and O–H groups in total. The Hall–Kier alpha value is -2.14. The van der Waals surface area contributed by atoms with Crippen molar-refractivity contribution in [2.24, 2.45) is 0 Å². The summed E-state index contributed by atoms with van der Waals surface area (Å²) in [5.74, 6) is 0.633. The predicted molar refractivity (Wildman–Crippen MR) is 73.7 cm³/mol. The van der Waals surface area contributed by atoms with Crippen LogP contribution in [0.15, 0.2) is 36.5 Å². The highest BCUT2D eigenvalue weighted by atomic mass is 16.5. The summed E-state index contributed by atoms with van der Waals surface area (Å²) in [6.45, 7) is 0.329. The smallest absolute Gasteiger partial charge is 0.237 e. The fourth-order valence-corrected chi connectivity index (χ4v) is 1.75. The number of aromatic nitrogens is 1. The number of fused-ring (bicyclic) bond motifs is 1. The molecule has 1 heterocycles. The molecule has 0 spiro atoms. The summed E-state index contributed by atoms with van der Waals surface area (Å²) < 4.78 is 5.63. The molecule has 1 aromatic heterocycles. The van der Waals surface area contributed by atoms with Crippen LogP contribution in [0, 0.1) is 0 Å². The molecule has 2 aromatic rings. The maximum atomic E-state index is 11.5. The molecule has 0 atom stereocenters. The fraction of sp³-hybridized carbons (Fsp3) is 0.286. The second-order valence-corrected chi connectivity index (χ2v) is 4.36. The topological polar surface area (TPSA) is 54.5 Å². The van der Waals surface area contributed by atoms with E-state index in [-0.39, 0.29) is 5.91 Å². The van der Waals surface area contributed by atoms with E-state index in [9.17, 15) is 4.79 Å². The van der Waals surface area contributed by atoms with E-state index in [1.54, 1.807) is 25.3 Å². The van der Waals surface area contributed by atoms with Gasteiger partial charge < -0.3 is 4.74 Å². The number of hydrazine groups is 1. The summed E-state index contributed by atoms with van der Waals surface area (Å²) in [5, 5.41) is 2.64. The number of ether oxygens (including phenoxy) is 1. The molecule has 0 saturated carbocycles. The number of nitrogens with one attached hydrogen (secondary N) is 1. The van der Waals surface area contributed by atoms with Crippen LogP contribution in [-0.4, -0.2) is 36.6 Å². The molecule has 5 heteroatoms. The number of amides is 1. The predicted octanol–water partition coefficient (Wildman–Crippen LogP) is 1.60. The lowest BCUT2D eigenvalue weighted by atomic mass is 10.2. The Balaban J connectivity index is 1.97. The first kappa shape index (κ1) is 13.3. The van der Waals surface area contributed by atoms with Gasteiger partial charge in [0.1, 0.15) is 11.3 Å². The minimum absolute atomic E-state index is 0.0711. The zero-order valence-electron chi connectivity index (χ0n) is 11.1. The van der Waals surface area contributed by atoms with Gasteiger partial charge in [0.15, 0.2) is 0 Å². The zero-order valence-corrected chi connectivity index (χ0v) is 11.1. The Morgan fingerprint density at radius 2 is 2.11 bits per heavy atom. The number of benzene rings is 1. The lowest BCUT2D eigenvalue weighted by molar-refractivity contribution is -0.125. The minimum atomic E-state index is -0.0711. The Kier molecular flexibility index (Phi) is 4.30. The number of pyridine rings is 1. The van der Waals surface area contributed by atoms with Gasteiger partial charge in [0.2, 0.25) is 5.91 Å². The molecule has 1 amide bonds. The van der Waals surface area contributed by atoms with Gasteiger partial charge in [-0.2, -0.15) is 0 Å². The van der Waals surface area contributed by atoms with Gasteiger partial charge in [0.25, 0.3) is 0 Å². The first-order valence-corrected chi connectivity index (χ1v) is 6.10. The first-order valence-electron chi connectivity index (χ1n) is 6.10. The number of carbonyl (C=O) groups is 1. The largest absolute Gasteiger partial charge is 0.491 e. The number of hydrogen-bond donors (Lipinski definition) is 1. The van der Waals surface area contributed by atoms with Crippen LogP contribution in [0.4, 0.5) is 0 Å². The van der Waals surface area contributed by atoms with Crippen LogP contribution in [0.5, 0.6) is 5.75 Å². The molecule has 0 aliphatic heterocycles. The Morgan fingerprint density at radius 1 is 1.32 bits per heavy atom. The molecule has 1 aromatic carbocycles. The summed E-state index contributed by atoms with van der Waals surface area (Å²) in [4.78, 5) is 15.8. The molecule has 0 unspecified atom stereocenters. The lowest BCUT2D eigenvalue weighted by Crippen LogP contribution is -2.36. The van der Waals surface area contributed by atoms with Crippen molar-refractivity contribution in [1.82, 2.24) is 15.4 Å². The van der Waals surface area contributed by atoms with E-state index >= 15 is 0 Å². The van der Waals surface area contributed by atoms with E-state index < -0.39 is 0 Å². The van der Waals surface area contributed by atoms with Gasteiger partial charge in [0, 0.05) is 25.7 Å².